The molecule has 0 atom stereocenters. The quantitative estimate of drug-likeness (QED) is 0.545. The molecule has 0 aliphatic carbocycles. The molecule has 0 amide bonds. The van der Waals surface area contributed by atoms with Crippen molar-refractivity contribution in [1.29, 1.82) is 0 Å². The SMILES string of the molecule is COc1cc2c(cc1O)oc(=O)c1cc(C(C)(C)C)ccc12. The van der Waals surface area contributed by atoms with E-state index in [-0.39, 0.29) is 11.2 Å². The second kappa shape index (κ2) is 4.77. The molecule has 0 aliphatic heterocycles. The number of phenols is 1. The number of fused-ring (bicyclic) bond motifs is 3. The first-order valence-corrected chi connectivity index (χ1v) is 7.09. The van der Waals surface area contributed by atoms with Gasteiger partial charge in [0.15, 0.2) is 11.5 Å². The maximum Gasteiger partial charge on any atom is 0.344 e. The Labute approximate surface area is 127 Å². The van der Waals surface area contributed by atoms with E-state index in [0.717, 1.165) is 16.3 Å². The van der Waals surface area contributed by atoms with Crippen LogP contribution in [-0.4, -0.2) is 12.2 Å². The molecule has 0 unspecified atom stereocenters. The standard InChI is InChI=1S/C18H18O4/c1-18(2,3)10-5-6-11-12-8-16(21-4)14(19)9-15(12)22-17(20)13(11)7-10/h5-9,19H,1-4H3. The Bertz CT molecular complexity index is 930. The molecule has 1 heterocycles. The molecule has 0 saturated heterocycles. The zero-order chi connectivity index (χ0) is 16.1. The van der Waals surface area contributed by atoms with E-state index in [1.54, 1.807) is 6.07 Å². The molecular formula is C18H18O4. The third-order valence-corrected chi connectivity index (χ3v) is 3.88. The molecule has 3 aromatic rings. The molecular weight excluding hydrogens is 280 g/mol. The molecule has 1 N–H and O–H groups in total. The van der Waals surface area contributed by atoms with Crippen LogP contribution in [0, 0.1) is 0 Å². The van der Waals surface area contributed by atoms with E-state index in [9.17, 15) is 9.90 Å². The molecule has 0 fully saturated rings. The van der Waals surface area contributed by atoms with Crippen molar-refractivity contribution in [3.63, 3.8) is 0 Å². The van der Waals surface area contributed by atoms with Crippen LogP contribution >= 0.6 is 0 Å². The zero-order valence-electron chi connectivity index (χ0n) is 13.1. The Balaban J connectivity index is 2.43. The highest BCUT2D eigenvalue weighted by Crippen LogP contribution is 2.35. The number of hydrogen-bond donors (Lipinski definition) is 1. The smallest absolute Gasteiger partial charge is 0.344 e. The van der Waals surface area contributed by atoms with Crippen LogP contribution in [0.4, 0.5) is 0 Å². The monoisotopic (exact) mass is 298 g/mol. The van der Waals surface area contributed by atoms with Crippen LogP contribution in [0.2, 0.25) is 0 Å². The van der Waals surface area contributed by atoms with Crippen molar-refractivity contribution in [2.24, 2.45) is 0 Å². The normalized spacial score (nSPS) is 12.0. The van der Waals surface area contributed by atoms with Gasteiger partial charge in [-0.25, -0.2) is 4.79 Å². The average molecular weight is 298 g/mol. The maximum atomic E-state index is 12.3. The van der Waals surface area contributed by atoms with Gasteiger partial charge in [-0.1, -0.05) is 32.9 Å². The summed E-state index contributed by atoms with van der Waals surface area (Å²) in [6, 6.07) is 8.91. The van der Waals surface area contributed by atoms with Crippen molar-refractivity contribution in [3.8, 4) is 11.5 Å². The van der Waals surface area contributed by atoms with Gasteiger partial charge in [0.1, 0.15) is 5.58 Å². The molecule has 0 spiro atoms. The number of ether oxygens (including phenoxy) is 1. The summed E-state index contributed by atoms with van der Waals surface area (Å²) in [4.78, 5) is 12.3. The first kappa shape index (κ1) is 14.4. The minimum atomic E-state index is -0.404. The van der Waals surface area contributed by atoms with Crippen molar-refractivity contribution in [3.05, 3.63) is 46.3 Å². The lowest BCUT2D eigenvalue weighted by Crippen LogP contribution is -2.12. The molecule has 0 radical (unpaired) electrons. The van der Waals surface area contributed by atoms with Crippen LogP contribution in [0.15, 0.2) is 39.5 Å². The third-order valence-electron chi connectivity index (χ3n) is 3.88. The number of aromatic hydroxyl groups is 1. The fourth-order valence-electron chi connectivity index (χ4n) is 2.58. The van der Waals surface area contributed by atoms with Crippen molar-refractivity contribution in [2.45, 2.75) is 26.2 Å². The molecule has 22 heavy (non-hydrogen) atoms. The molecule has 3 rings (SSSR count). The van der Waals surface area contributed by atoms with E-state index >= 15 is 0 Å². The van der Waals surface area contributed by atoms with Crippen LogP contribution < -0.4 is 10.4 Å². The summed E-state index contributed by atoms with van der Waals surface area (Å²) in [7, 11) is 1.49. The molecule has 0 bridgehead atoms. The van der Waals surface area contributed by atoms with Crippen molar-refractivity contribution in [2.75, 3.05) is 7.11 Å². The summed E-state index contributed by atoms with van der Waals surface area (Å²) in [6.45, 7) is 6.29. The summed E-state index contributed by atoms with van der Waals surface area (Å²) in [5.74, 6) is 0.298. The van der Waals surface area contributed by atoms with Crippen molar-refractivity contribution < 1.29 is 14.3 Å². The number of rotatable bonds is 1. The van der Waals surface area contributed by atoms with Gasteiger partial charge in [-0.15, -0.1) is 0 Å². The van der Waals surface area contributed by atoms with E-state index in [4.69, 9.17) is 9.15 Å². The lowest BCUT2D eigenvalue weighted by molar-refractivity contribution is 0.373. The molecule has 0 aliphatic rings. The topological polar surface area (TPSA) is 59.7 Å². The van der Waals surface area contributed by atoms with E-state index in [1.165, 1.54) is 13.2 Å². The number of benzene rings is 2. The minimum Gasteiger partial charge on any atom is -0.504 e. The highest BCUT2D eigenvalue weighted by Gasteiger charge is 2.17. The van der Waals surface area contributed by atoms with Gasteiger partial charge in [0, 0.05) is 16.8 Å². The van der Waals surface area contributed by atoms with Crippen molar-refractivity contribution >= 4 is 21.7 Å². The third kappa shape index (κ3) is 2.21. The van der Waals surface area contributed by atoms with Gasteiger partial charge in [0.2, 0.25) is 0 Å². The van der Waals surface area contributed by atoms with Crippen molar-refractivity contribution in [1.82, 2.24) is 0 Å². The molecule has 0 saturated carbocycles. The molecule has 4 heteroatoms. The van der Waals surface area contributed by atoms with E-state index in [2.05, 4.69) is 20.8 Å². The lowest BCUT2D eigenvalue weighted by atomic mass is 9.86. The fourth-order valence-corrected chi connectivity index (χ4v) is 2.58. The Kier molecular flexibility index (Phi) is 3.13. The van der Waals surface area contributed by atoms with Gasteiger partial charge >= 0.3 is 5.63 Å². The van der Waals surface area contributed by atoms with Gasteiger partial charge in [-0.05, 0) is 23.1 Å². The number of phenolic OH excluding ortho intramolecular Hbond substituents is 1. The van der Waals surface area contributed by atoms with E-state index < -0.39 is 5.63 Å². The molecule has 1 aromatic heterocycles. The maximum absolute atomic E-state index is 12.3. The second-order valence-electron chi connectivity index (χ2n) is 6.42. The predicted octanol–water partition coefficient (Wildman–Crippen LogP) is 3.96. The van der Waals surface area contributed by atoms with Gasteiger partial charge in [0.05, 0.1) is 12.5 Å². The van der Waals surface area contributed by atoms with Crippen LogP contribution in [0.1, 0.15) is 26.3 Å². The molecule has 4 nitrogen and oxygen atoms in total. The highest BCUT2D eigenvalue weighted by molar-refractivity contribution is 6.05. The summed E-state index contributed by atoms with van der Waals surface area (Å²) in [5.41, 5.74) is 0.956. The Morgan fingerprint density at radius 2 is 1.77 bits per heavy atom. The minimum absolute atomic E-state index is 0.0520. The average Bonchev–Trinajstić information content (AvgIpc) is 2.45. The first-order chi connectivity index (χ1) is 10.3. The van der Waals surface area contributed by atoms with E-state index in [0.29, 0.717) is 16.7 Å². The number of methoxy groups -OCH3 is 1. The van der Waals surface area contributed by atoms with Crippen LogP contribution in [0.3, 0.4) is 0 Å². The van der Waals surface area contributed by atoms with Crippen LogP contribution in [0.25, 0.3) is 21.7 Å². The Morgan fingerprint density at radius 1 is 1.05 bits per heavy atom. The summed E-state index contributed by atoms with van der Waals surface area (Å²) in [6.07, 6.45) is 0. The van der Waals surface area contributed by atoms with Gasteiger partial charge in [-0.3, -0.25) is 0 Å². The van der Waals surface area contributed by atoms with Gasteiger partial charge in [0.25, 0.3) is 0 Å². The van der Waals surface area contributed by atoms with Crippen LogP contribution in [-0.2, 0) is 5.41 Å². The zero-order valence-corrected chi connectivity index (χ0v) is 13.1. The summed E-state index contributed by atoms with van der Waals surface area (Å²) >= 11 is 0. The summed E-state index contributed by atoms with van der Waals surface area (Å²) < 4.78 is 10.5. The fraction of sp³-hybridized carbons (Fsp3) is 0.278. The first-order valence-electron chi connectivity index (χ1n) is 7.09. The Morgan fingerprint density at radius 3 is 2.41 bits per heavy atom. The molecule has 2 aromatic carbocycles. The lowest BCUT2D eigenvalue weighted by Gasteiger charge is -2.19. The highest BCUT2D eigenvalue weighted by atomic mass is 16.5. The van der Waals surface area contributed by atoms with Gasteiger partial charge in [-0.2, -0.15) is 0 Å². The van der Waals surface area contributed by atoms with E-state index in [1.807, 2.05) is 18.2 Å². The van der Waals surface area contributed by atoms with Crippen LogP contribution in [0.5, 0.6) is 11.5 Å². The second-order valence-corrected chi connectivity index (χ2v) is 6.42. The summed E-state index contributed by atoms with van der Waals surface area (Å²) in [5, 5.41) is 11.9. The Hall–Kier alpha value is -2.49. The predicted molar refractivity (Wildman–Crippen MR) is 86.9 cm³/mol. The largest absolute Gasteiger partial charge is 0.504 e. The van der Waals surface area contributed by atoms with Gasteiger partial charge < -0.3 is 14.3 Å². The number of hydrogen-bond acceptors (Lipinski definition) is 4. The molecule has 114 valence electrons.